The summed E-state index contributed by atoms with van der Waals surface area (Å²) in [4.78, 5) is 0. The molecule has 1 rings (SSSR count). The summed E-state index contributed by atoms with van der Waals surface area (Å²) in [6.45, 7) is 10.9. The molecule has 0 unspecified atom stereocenters. The molecule has 1 aliphatic carbocycles. The van der Waals surface area contributed by atoms with Crippen molar-refractivity contribution in [1.29, 1.82) is 0 Å². The predicted octanol–water partition coefficient (Wildman–Crippen LogP) is -8.87. The van der Waals surface area contributed by atoms with Crippen molar-refractivity contribution in [3.05, 3.63) is 22.8 Å². The largest absolute Gasteiger partial charge is 1.00 e. The number of rotatable bonds is 0. The SMILES string of the molecule is CC1=[C]C(C)(C)C(C)=C1C.[Cl-].[Cl-].[Cl-].[Cl-].[Ta]. The van der Waals surface area contributed by atoms with Gasteiger partial charge in [-0.2, -0.15) is 0 Å². The van der Waals surface area contributed by atoms with Crippen LogP contribution in [0.2, 0.25) is 0 Å². The van der Waals surface area contributed by atoms with Crippen LogP contribution in [0.1, 0.15) is 34.6 Å². The Morgan fingerprint density at radius 3 is 1.27 bits per heavy atom. The Bertz CT molecular complexity index is 232. The number of hydrogen-bond acceptors (Lipinski definition) is 0. The molecule has 0 fully saturated rings. The quantitative estimate of drug-likeness (QED) is 0.339. The molecule has 5 heteroatoms. The molecule has 15 heavy (non-hydrogen) atoms. The summed E-state index contributed by atoms with van der Waals surface area (Å²) in [5, 5.41) is 0. The van der Waals surface area contributed by atoms with Gasteiger partial charge in [-0.3, -0.25) is 0 Å². The third kappa shape index (κ3) is 6.63. The maximum Gasteiger partial charge on any atom is 0.0114 e. The molecule has 0 aromatic heterocycles. The molecule has 0 heterocycles. The number of allylic oxidation sites excluding steroid dienone is 4. The molecular formula is C10H15Cl4Ta-4. The summed E-state index contributed by atoms with van der Waals surface area (Å²) in [6.07, 6.45) is 3.44. The fourth-order valence-corrected chi connectivity index (χ4v) is 1.41. The monoisotopic (exact) mass is 456 g/mol. The molecule has 92 valence electrons. The van der Waals surface area contributed by atoms with Crippen molar-refractivity contribution in [3.63, 3.8) is 0 Å². The van der Waals surface area contributed by atoms with Crippen LogP contribution in [0.5, 0.6) is 0 Å². The molecule has 0 atom stereocenters. The minimum absolute atomic E-state index is 0. The molecule has 0 saturated carbocycles. The van der Waals surface area contributed by atoms with Crippen molar-refractivity contribution < 1.29 is 72.0 Å². The van der Waals surface area contributed by atoms with Crippen molar-refractivity contribution in [2.24, 2.45) is 5.41 Å². The summed E-state index contributed by atoms with van der Waals surface area (Å²) in [6, 6.07) is 0. The first kappa shape index (κ1) is 29.9. The van der Waals surface area contributed by atoms with Gasteiger partial charge in [-0.1, -0.05) is 19.4 Å². The Kier molecular flexibility index (Phi) is 21.0. The van der Waals surface area contributed by atoms with E-state index in [2.05, 4.69) is 40.7 Å². The van der Waals surface area contributed by atoms with E-state index >= 15 is 0 Å². The molecule has 0 nitrogen and oxygen atoms in total. The molecule has 0 aromatic rings. The van der Waals surface area contributed by atoms with Crippen LogP contribution in [0.4, 0.5) is 0 Å². The third-order valence-corrected chi connectivity index (χ3v) is 2.56. The Labute approximate surface area is 134 Å². The average molecular weight is 458 g/mol. The van der Waals surface area contributed by atoms with Gasteiger partial charge in [0, 0.05) is 27.8 Å². The van der Waals surface area contributed by atoms with Crippen LogP contribution in [-0.2, 0) is 22.4 Å². The van der Waals surface area contributed by atoms with Crippen molar-refractivity contribution in [2.45, 2.75) is 34.6 Å². The van der Waals surface area contributed by atoms with Gasteiger partial charge < -0.3 is 49.6 Å². The van der Waals surface area contributed by atoms with Crippen molar-refractivity contribution in [2.75, 3.05) is 0 Å². The van der Waals surface area contributed by atoms with Gasteiger partial charge in [0.15, 0.2) is 0 Å². The number of hydrogen-bond donors (Lipinski definition) is 0. The van der Waals surface area contributed by atoms with Crippen LogP contribution >= 0.6 is 0 Å². The summed E-state index contributed by atoms with van der Waals surface area (Å²) in [5.74, 6) is 0. The minimum atomic E-state index is 0. The van der Waals surface area contributed by atoms with Crippen molar-refractivity contribution in [3.8, 4) is 0 Å². The predicted molar refractivity (Wildman–Crippen MR) is 44.6 cm³/mol. The Morgan fingerprint density at radius 2 is 1.20 bits per heavy atom. The average Bonchev–Trinajstić information content (AvgIpc) is 1.95. The van der Waals surface area contributed by atoms with Gasteiger partial charge in [0.2, 0.25) is 0 Å². The van der Waals surface area contributed by atoms with Gasteiger partial charge in [-0.15, -0.1) is 0 Å². The Hall–Kier alpha value is 1.38. The number of halogens is 4. The second-order valence-corrected chi connectivity index (χ2v) is 3.62. The first-order valence-electron chi connectivity index (χ1n) is 3.75. The van der Waals surface area contributed by atoms with Crippen LogP contribution in [-0.4, -0.2) is 0 Å². The molecule has 0 spiro atoms. The summed E-state index contributed by atoms with van der Waals surface area (Å²) in [5.41, 5.74) is 4.39. The molecule has 0 aromatic carbocycles. The van der Waals surface area contributed by atoms with E-state index in [1.165, 1.54) is 16.7 Å². The van der Waals surface area contributed by atoms with Gasteiger partial charge >= 0.3 is 0 Å². The van der Waals surface area contributed by atoms with Gasteiger partial charge in [0.1, 0.15) is 0 Å². The van der Waals surface area contributed by atoms with Gasteiger partial charge in [-0.25, -0.2) is 0 Å². The first-order valence-corrected chi connectivity index (χ1v) is 3.75. The van der Waals surface area contributed by atoms with Crippen LogP contribution in [0.15, 0.2) is 16.7 Å². The molecule has 2 radical (unpaired) electrons. The summed E-state index contributed by atoms with van der Waals surface area (Å²) < 4.78 is 0. The topological polar surface area (TPSA) is 0 Å². The minimum Gasteiger partial charge on any atom is -1.00 e. The third-order valence-electron chi connectivity index (χ3n) is 2.56. The normalized spacial score (nSPS) is 15.7. The molecule has 1 aliphatic rings. The van der Waals surface area contributed by atoms with E-state index in [4.69, 9.17) is 0 Å². The summed E-state index contributed by atoms with van der Waals surface area (Å²) in [7, 11) is 0. The second-order valence-electron chi connectivity index (χ2n) is 3.62. The maximum atomic E-state index is 3.44. The van der Waals surface area contributed by atoms with E-state index in [9.17, 15) is 0 Å². The fraction of sp³-hybridized carbons (Fsp3) is 0.600. The molecule has 0 aliphatic heterocycles. The molecule has 0 bridgehead atoms. The second kappa shape index (κ2) is 10.5. The van der Waals surface area contributed by atoms with Gasteiger partial charge in [0.25, 0.3) is 0 Å². The summed E-state index contributed by atoms with van der Waals surface area (Å²) >= 11 is 0. The Balaban J connectivity index is -0.0000000667. The zero-order valence-corrected chi connectivity index (χ0v) is 15.7. The van der Waals surface area contributed by atoms with E-state index in [1.807, 2.05) is 0 Å². The van der Waals surface area contributed by atoms with E-state index in [-0.39, 0.29) is 77.4 Å². The molecular weight excluding hydrogens is 443 g/mol. The Morgan fingerprint density at radius 1 is 0.867 bits per heavy atom. The van der Waals surface area contributed by atoms with Crippen LogP contribution in [0.3, 0.4) is 0 Å². The van der Waals surface area contributed by atoms with Crippen LogP contribution in [0, 0.1) is 11.5 Å². The van der Waals surface area contributed by atoms with E-state index in [0.29, 0.717) is 0 Å². The zero-order valence-electron chi connectivity index (χ0n) is 9.46. The molecule has 0 amide bonds. The molecule has 0 saturated heterocycles. The maximum absolute atomic E-state index is 3.44. The smallest absolute Gasteiger partial charge is 0.0114 e. The van der Waals surface area contributed by atoms with Crippen LogP contribution in [0.25, 0.3) is 0 Å². The zero-order chi connectivity index (χ0) is 7.94. The van der Waals surface area contributed by atoms with Crippen LogP contribution < -0.4 is 49.6 Å². The van der Waals surface area contributed by atoms with E-state index in [1.54, 1.807) is 0 Å². The standard InChI is InChI=1S/C10H15.4ClH.Ta/c1-7-6-10(4,5)9(3)8(7)2;;;;;/h1-5H3;4*1H;/p-4. The van der Waals surface area contributed by atoms with Crippen molar-refractivity contribution in [1.82, 2.24) is 0 Å². The first-order chi connectivity index (χ1) is 4.45. The fourth-order valence-electron chi connectivity index (χ4n) is 1.41. The van der Waals surface area contributed by atoms with Gasteiger partial charge in [-0.05, 0) is 38.0 Å². The van der Waals surface area contributed by atoms with Gasteiger partial charge in [0.05, 0.1) is 0 Å². The van der Waals surface area contributed by atoms with E-state index in [0.717, 1.165) is 0 Å². The molecule has 0 N–H and O–H groups in total. The van der Waals surface area contributed by atoms with Crippen molar-refractivity contribution >= 4 is 0 Å². The van der Waals surface area contributed by atoms with E-state index < -0.39 is 0 Å².